The van der Waals surface area contributed by atoms with Gasteiger partial charge in [-0.25, -0.2) is 8.78 Å². The first-order valence-electron chi connectivity index (χ1n) is 7.04. The van der Waals surface area contributed by atoms with Gasteiger partial charge in [0.05, 0.1) is 5.56 Å². The molecule has 22 heavy (non-hydrogen) atoms. The van der Waals surface area contributed by atoms with Crippen LogP contribution in [0.25, 0.3) is 0 Å². The largest absolute Gasteiger partial charge is 0.386 e. The molecule has 5 nitrogen and oxygen atoms in total. The third-order valence-corrected chi connectivity index (χ3v) is 3.81. The number of halogens is 2. The van der Waals surface area contributed by atoms with Crippen LogP contribution in [-0.2, 0) is 12.8 Å². The van der Waals surface area contributed by atoms with Gasteiger partial charge in [-0.3, -0.25) is 9.89 Å². The lowest BCUT2D eigenvalue weighted by Crippen LogP contribution is -2.30. The highest BCUT2D eigenvalue weighted by molar-refractivity contribution is 5.94. The number of nitrogens with zero attached hydrogens (tertiary/aromatic N) is 1. The first-order valence-corrected chi connectivity index (χ1v) is 7.04. The van der Waals surface area contributed by atoms with E-state index >= 15 is 0 Å². The number of carbonyl (C=O) groups excluding carboxylic acids is 1. The quantitative estimate of drug-likeness (QED) is 0.803. The van der Waals surface area contributed by atoms with E-state index in [0.717, 1.165) is 42.7 Å². The zero-order valence-corrected chi connectivity index (χ0v) is 11.7. The summed E-state index contributed by atoms with van der Waals surface area (Å²) in [4.78, 5) is 12.1. The number of hydrogen-bond acceptors (Lipinski definition) is 3. The van der Waals surface area contributed by atoms with Crippen LogP contribution in [0.15, 0.2) is 18.2 Å². The maximum atomic E-state index is 13.5. The molecule has 1 heterocycles. The second kappa shape index (κ2) is 5.84. The van der Waals surface area contributed by atoms with Crippen LogP contribution >= 0.6 is 0 Å². The fourth-order valence-electron chi connectivity index (χ4n) is 2.71. The summed E-state index contributed by atoms with van der Waals surface area (Å²) < 4.78 is 27.1. The molecule has 116 valence electrons. The second-order valence-corrected chi connectivity index (χ2v) is 5.24. The Balaban J connectivity index is 1.68. The smallest absolute Gasteiger partial charge is 0.272 e. The van der Waals surface area contributed by atoms with Crippen molar-refractivity contribution < 1.29 is 18.7 Å². The van der Waals surface area contributed by atoms with Gasteiger partial charge >= 0.3 is 0 Å². The molecule has 1 aliphatic carbocycles. The number of aromatic nitrogens is 2. The van der Waals surface area contributed by atoms with E-state index in [1.165, 1.54) is 6.07 Å². The van der Waals surface area contributed by atoms with Gasteiger partial charge in [-0.2, -0.15) is 5.10 Å². The number of H-pyrrole nitrogens is 1. The molecule has 3 N–H and O–H groups in total. The maximum Gasteiger partial charge on any atom is 0.272 e. The third-order valence-electron chi connectivity index (χ3n) is 3.81. The minimum atomic E-state index is -1.46. The van der Waals surface area contributed by atoms with E-state index in [-0.39, 0.29) is 12.2 Å². The van der Waals surface area contributed by atoms with E-state index in [9.17, 15) is 18.7 Å². The minimum absolute atomic E-state index is 0.286. The van der Waals surface area contributed by atoms with E-state index in [1.54, 1.807) is 0 Å². The van der Waals surface area contributed by atoms with Crippen molar-refractivity contribution in [3.05, 3.63) is 52.3 Å². The van der Waals surface area contributed by atoms with Gasteiger partial charge in [0.2, 0.25) is 0 Å². The average molecular weight is 307 g/mol. The summed E-state index contributed by atoms with van der Waals surface area (Å²) in [5.41, 5.74) is 1.67. The molecule has 7 heteroatoms. The molecular weight excluding hydrogens is 292 g/mol. The van der Waals surface area contributed by atoms with Crippen molar-refractivity contribution in [3.8, 4) is 0 Å². The summed E-state index contributed by atoms with van der Waals surface area (Å²) in [5, 5.41) is 19.1. The fourth-order valence-corrected chi connectivity index (χ4v) is 2.71. The number of amides is 1. The minimum Gasteiger partial charge on any atom is -0.386 e. The number of aryl methyl sites for hydroxylation is 1. The van der Waals surface area contributed by atoms with Crippen molar-refractivity contribution >= 4 is 5.91 Å². The highest BCUT2D eigenvalue weighted by Crippen LogP contribution is 2.23. The van der Waals surface area contributed by atoms with E-state index in [1.807, 2.05) is 0 Å². The van der Waals surface area contributed by atoms with E-state index in [4.69, 9.17) is 0 Å². The van der Waals surface area contributed by atoms with Crippen LogP contribution in [0.3, 0.4) is 0 Å². The molecule has 1 atom stereocenters. The second-order valence-electron chi connectivity index (χ2n) is 5.24. The van der Waals surface area contributed by atoms with Crippen LogP contribution in [0.2, 0.25) is 0 Å². The number of hydrogen-bond donors (Lipinski definition) is 3. The monoisotopic (exact) mass is 307 g/mol. The van der Waals surface area contributed by atoms with Crippen LogP contribution in [-0.4, -0.2) is 27.8 Å². The first kappa shape index (κ1) is 14.6. The Bertz CT molecular complexity index is 695. The van der Waals surface area contributed by atoms with E-state index in [2.05, 4.69) is 15.5 Å². The molecule has 0 radical (unpaired) electrons. The standard InChI is InChI=1S/C15H15F2N3O2/c16-9-4-2-5-10(17)13(9)12(21)7-18-15(22)14-8-3-1-6-11(8)19-20-14/h2,4-5,12,21H,1,3,6-7H2,(H,18,22)(H,19,20). The van der Waals surface area contributed by atoms with Gasteiger partial charge in [-0.1, -0.05) is 6.07 Å². The van der Waals surface area contributed by atoms with Crippen LogP contribution in [0.1, 0.15) is 39.8 Å². The lowest BCUT2D eigenvalue weighted by molar-refractivity contribution is 0.0905. The Morgan fingerprint density at radius 2 is 2.09 bits per heavy atom. The predicted molar refractivity (Wildman–Crippen MR) is 74.3 cm³/mol. The Labute approximate surface area is 125 Å². The number of nitrogens with one attached hydrogen (secondary N) is 2. The van der Waals surface area contributed by atoms with Gasteiger partial charge in [-0.15, -0.1) is 0 Å². The number of fused-ring (bicyclic) bond motifs is 1. The van der Waals surface area contributed by atoms with Crippen LogP contribution < -0.4 is 5.32 Å². The molecule has 3 rings (SSSR count). The Hall–Kier alpha value is -2.28. The molecule has 1 aromatic carbocycles. The normalized spacial score (nSPS) is 14.7. The van der Waals surface area contributed by atoms with Crippen LogP contribution in [0, 0.1) is 11.6 Å². The van der Waals surface area contributed by atoms with Crippen molar-refractivity contribution in [1.82, 2.24) is 15.5 Å². The lowest BCUT2D eigenvalue weighted by atomic mass is 10.1. The first-order chi connectivity index (χ1) is 10.6. The number of aliphatic hydroxyl groups excluding tert-OH is 1. The molecule has 2 aromatic rings. The molecule has 1 aromatic heterocycles. The zero-order valence-electron chi connectivity index (χ0n) is 11.7. The molecule has 1 aliphatic rings. The molecule has 0 aliphatic heterocycles. The Morgan fingerprint density at radius 3 is 2.82 bits per heavy atom. The Kier molecular flexibility index (Phi) is 3.89. The number of aromatic amines is 1. The lowest BCUT2D eigenvalue weighted by Gasteiger charge is -2.13. The SMILES string of the molecule is O=C(NCC(O)c1c(F)cccc1F)c1n[nH]c2c1CCC2. The maximum absolute atomic E-state index is 13.5. The van der Waals surface area contributed by atoms with E-state index in [0.29, 0.717) is 0 Å². The van der Waals surface area contributed by atoms with Crippen molar-refractivity contribution in [3.63, 3.8) is 0 Å². The van der Waals surface area contributed by atoms with Gasteiger partial charge in [0.25, 0.3) is 5.91 Å². The summed E-state index contributed by atoms with van der Waals surface area (Å²) in [6.45, 7) is -0.293. The Morgan fingerprint density at radius 1 is 1.36 bits per heavy atom. The molecule has 0 bridgehead atoms. The highest BCUT2D eigenvalue weighted by Gasteiger charge is 2.24. The van der Waals surface area contributed by atoms with Gasteiger partial charge in [0, 0.05) is 17.8 Å². The van der Waals surface area contributed by atoms with Gasteiger partial charge in [0.15, 0.2) is 5.69 Å². The molecule has 1 unspecified atom stereocenters. The number of benzene rings is 1. The molecule has 0 fully saturated rings. The molecule has 0 saturated heterocycles. The third kappa shape index (κ3) is 2.59. The average Bonchev–Trinajstić information content (AvgIpc) is 3.07. The molecule has 1 amide bonds. The molecule has 0 saturated carbocycles. The van der Waals surface area contributed by atoms with Crippen molar-refractivity contribution in [2.24, 2.45) is 0 Å². The van der Waals surface area contributed by atoms with Gasteiger partial charge in [0.1, 0.15) is 17.7 Å². The van der Waals surface area contributed by atoms with Crippen molar-refractivity contribution in [2.75, 3.05) is 6.54 Å². The number of carbonyl (C=O) groups is 1. The van der Waals surface area contributed by atoms with Crippen LogP contribution in [0.4, 0.5) is 8.78 Å². The number of rotatable bonds is 4. The topological polar surface area (TPSA) is 78.0 Å². The van der Waals surface area contributed by atoms with Crippen molar-refractivity contribution in [1.29, 1.82) is 0 Å². The zero-order chi connectivity index (χ0) is 15.7. The summed E-state index contributed by atoms with van der Waals surface area (Å²) in [6.07, 6.45) is 1.14. The predicted octanol–water partition coefficient (Wildman–Crippen LogP) is 1.64. The van der Waals surface area contributed by atoms with Crippen molar-refractivity contribution in [2.45, 2.75) is 25.4 Å². The van der Waals surface area contributed by atoms with Gasteiger partial charge < -0.3 is 10.4 Å². The number of aliphatic hydroxyl groups is 1. The van der Waals surface area contributed by atoms with Crippen LogP contribution in [0.5, 0.6) is 0 Å². The highest BCUT2D eigenvalue weighted by atomic mass is 19.1. The molecule has 0 spiro atoms. The van der Waals surface area contributed by atoms with E-state index < -0.39 is 29.2 Å². The summed E-state index contributed by atoms with van der Waals surface area (Å²) in [6, 6.07) is 3.33. The molecular formula is C15H15F2N3O2. The fraction of sp³-hybridized carbons (Fsp3) is 0.333. The van der Waals surface area contributed by atoms with Gasteiger partial charge in [-0.05, 0) is 31.4 Å². The summed E-state index contributed by atoms with van der Waals surface area (Å²) in [5.74, 6) is -2.15. The summed E-state index contributed by atoms with van der Waals surface area (Å²) >= 11 is 0. The summed E-state index contributed by atoms with van der Waals surface area (Å²) in [7, 11) is 0.